The maximum Gasteiger partial charge on any atom is 0.255 e. The third-order valence-electron chi connectivity index (χ3n) is 4.76. The summed E-state index contributed by atoms with van der Waals surface area (Å²) >= 11 is 6.35. The minimum atomic E-state index is -0.971. The van der Waals surface area contributed by atoms with Gasteiger partial charge in [-0.3, -0.25) is 14.1 Å². The Labute approximate surface area is 177 Å². The first-order valence-electron chi connectivity index (χ1n) is 9.31. The molecule has 2 heterocycles. The van der Waals surface area contributed by atoms with Crippen LogP contribution >= 0.6 is 11.6 Å². The van der Waals surface area contributed by atoms with Crippen molar-refractivity contribution in [1.82, 2.24) is 4.98 Å². The maximum atomic E-state index is 12.7. The van der Waals surface area contributed by atoms with Crippen LogP contribution in [-0.4, -0.2) is 27.4 Å². The molecule has 4 rings (SSSR count). The summed E-state index contributed by atoms with van der Waals surface area (Å²) in [5.74, 6) is 0.473. The Morgan fingerprint density at radius 3 is 2.62 bits per heavy atom. The normalized spacial score (nSPS) is 16.1. The zero-order valence-electron chi connectivity index (χ0n) is 15.9. The van der Waals surface area contributed by atoms with Gasteiger partial charge in [-0.1, -0.05) is 11.6 Å². The molecule has 2 aromatic carbocycles. The van der Waals surface area contributed by atoms with Gasteiger partial charge in [-0.2, -0.15) is 0 Å². The van der Waals surface area contributed by atoms with Gasteiger partial charge in [0, 0.05) is 41.0 Å². The zero-order valence-corrected chi connectivity index (χ0v) is 17.5. The van der Waals surface area contributed by atoms with Crippen LogP contribution in [0.15, 0.2) is 60.8 Å². The highest BCUT2D eigenvalue weighted by Gasteiger charge is 2.20. The van der Waals surface area contributed by atoms with Crippen molar-refractivity contribution in [2.24, 2.45) is 0 Å². The first kappa shape index (κ1) is 19.6. The summed E-state index contributed by atoms with van der Waals surface area (Å²) in [6, 6.07) is 16.4. The zero-order chi connectivity index (χ0) is 20.4. The molecule has 1 amide bonds. The largest absolute Gasteiger partial charge is 0.322 e. The van der Waals surface area contributed by atoms with Gasteiger partial charge in [0.25, 0.3) is 5.91 Å². The van der Waals surface area contributed by atoms with E-state index in [9.17, 15) is 9.00 Å². The highest BCUT2D eigenvalue weighted by molar-refractivity contribution is 7.86. The van der Waals surface area contributed by atoms with Gasteiger partial charge in [0.05, 0.1) is 10.7 Å². The number of aryl methyl sites for hydroxylation is 1. The van der Waals surface area contributed by atoms with Crippen molar-refractivity contribution in [3.63, 3.8) is 0 Å². The number of hydrogen-bond acceptors (Lipinski definition) is 3. The summed E-state index contributed by atoms with van der Waals surface area (Å²) in [5.41, 5.74) is 4.65. The molecule has 1 unspecified atom stereocenters. The second kappa shape index (κ2) is 8.35. The monoisotopic (exact) mass is 425 g/mol. The second-order valence-electron chi connectivity index (χ2n) is 6.90. The maximum absolute atomic E-state index is 12.7. The van der Waals surface area contributed by atoms with E-state index in [2.05, 4.69) is 10.3 Å². The van der Waals surface area contributed by atoms with Crippen LogP contribution in [0.2, 0.25) is 5.02 Å². The number of anilines is 2. The molecule has 7 heteroatoms. The average Bonchev–Trinajstić information content (AvgIpc) is 3.15. The van der Waals surface area contributed by atoms with Gasteiger partial charge in [0.15, 0.2) is 0 Å². The molecular formula is C22H20ClN3O2S. The molecule has 148 valence electrons. The molecular weight excluding hydrogens is 406 g/mol. The summed E-state index contributed by atoms with van der Waals surface area (Å²) in [6.07, 6.45) is 2.66. The highest BCUT2D eigenvalue weighted by Crippen LogP contribution is 2.30. The Bertz CT molecular complexity index is 1090. The van der Waals surface area contributed by atoms with E-state index in [1.165, 1.54) is 0 Å². The number of amides is 1. The van der Waals surface area contributed by atoms with E-state index in [1.54, 1.807) is 30.5 Å². The van der Waals surface area contributed by atoms with E-state index >= 15 is 0 Å². The fraction of sp³-hybridized carbons (Fsp3) is 0.182. The Kier molecular flexibility index (Phi) is 5.65. The Hall–Kier alpha value is -2.70. The number of pyridine rings is 1. The number of nitrogens with zero attached hydrogens (tertiary/aromatic N) is 2. The van der Waals surface area contributed by atoms with Crippen molar-refractivity contribution >= 4 is 39.9 Å². The molecule has 1 atom stereocenters. The molecule has 1 aliphatic rings. The van der Waals surface area contributed by atoms with Crippen LogP contribution < -0.4 is 9.62 Å². The number of halogens is 1. The predicted molar refractivity (Wildman–Crippen MR) is 119 cm³/mol. The summed E-state index contributed by atoms with van der Waals surface area (Å²) in [5, 5.41) is 3.48. The topological polar surface area (TPSA) is 62.3 Å². The molecule has 1 aromatic heterocycles. The van der Waals surface area contributed by atoms with Gasteiger partial charge in [-0.05, 0) is 73.5 Å². The lowest BCUT2D eigenvalue weighted by molar-refractivity contribution is 0.102. The number of carbonyl (C=O) groups is 1. The third-order valence-corrected chi connectivity index (χ3v) is 6.61. The van der Waals surface area contributed by atoms with Crippen molar-refractivity contribution in [1.29, 1.82) is 0 Å². The first-order valence-corrected chi connectivity index (χ1v) is 11.0. The molecule has 1 saturated heterocycles. The molecule has 1 fully saturated rings. The molecule has 29 heavy (non-hydrogen) atoms. The minimum absolute atomic E-state index is 0.218. The SMILES string of the molecule is Cc1ccnc(-c2cc(NC(=O)c3ccc(N4CCCS4=O)cc3)ccc2Cl)c1. The molecule has 0 radical (unpaired) electrons. The lowest BCUT2D eigenvalue weighted by Gasteiger charge is -2.16. The van der Waals surface area contributed by atoms with E-state index in [0.29, 0.717) is 22.0 Å². The van der Waals surface area contributed by atoms with Gasteiger partial charge >= 0.3 is 0 Å². The van der Waals surface area contributed by atoms with Crippen molar-refractivity contribution < 1.29 is 9.00 Å². The summed E-state index contributed by atoms with van der Waals surface area (Å²) in [7, 11) is -0.971. The molecule has 0 bridgehead atoms. The number of nitrogens with one attached hydrogen (secondary N) is 1. The number of aromatic nitrogens is 1. The predicted octanol–water partition coefficient (Wildman–Crippen LogP) is 4.84. The van der Waals surface area contributed by atoms with Crippen molar-refractivity contribution in [3.8, 4) is 11.3 Å². The first-order chi connectivity index (χ1) is 14.0. The van der Waals surface area contributed by atoms with Gasteiger partial charge in [-0.25, -0.2) is 4.21 Å². The third kappa shape index (κ3) is 4.33. The van der Waals surface area contributed by atoms with Crippen LogP contribution in [0.4, 0.5) is 11.4 Å². The van der Waals surface area contributed by atoms with Gasteiger partial charge in [0.1, 0.15) is 11.0 Å². The Morgan fingerprint density at radius 2 is 1.93 bits per heavy atom. The lowest BCUT2D eigenvalue weighted by atomic mass is 10.1. The average molecular weight is 426 g/mol. The molecule has 0 spiro atoms. The minimum Gasteiger partial charge on any atom is -0.322 e. The van der Waals surface area contributed by atoms with Gasteiger partial charge in [-0.15, -0.1) is 0 Å². The van der Waals surface area contributed by atoms with E-state index in [0.717, 1.165) is 35.5 Å². The van der Waals surface area contributed by atoms with Crippen LogP contribution in [0, 0.1) is 6.92 Å². The number of rotatable bonds is 4. The van der Waals surface area contributed by atoms with E-state index < -0.39 is 11.0 Å². The molecule has 1 aliphatic heterocycles. The van der Waals surface area contributed by atoms with Crippen molar-refractivity contribution in [2.45, 2.75) is 13.3 Å². The van der Waals surface area contributed by atoms with Crippen LogP contribution in [0.1, 0.15) is 22.3 Å². The number of hydrogen-bond donors (Lipinski definition) is 1. The molecule has 0 aliphatic carbocycles. The van der Waals surface area contributed by atoms with E-state index in [1.807, 2.05) is 41.6 Å². The van der Waals surface area contributed by atoms with Gasteiger partial charge < -0.3 is 5.32 Å². The Morgan fingerprint density at radius 1 is 1.14 bits per heavy atom. The van der Waals surface area contributed by atoms with Crippen LogP contribution in [-0.2, 0) is 11.0 Å². The van der Waals surface area contributed by atoms with Crippen LogP contribution in [0.5, 0.6) is 0 Å². The van der Waals surface area contributed by atoms with Crippen LogP contribution in [0.3, 0.4) is 0 Å². The number of benzene rings is 2. The molecule has 5 nitrogen and oxygen atoms in total. The molecule has 3 aromatic rings. The standard InChI is InChI=1S/C22H20ClN3O2S/c1-15-9-10-24-21(13-15)19-14-17(5-8-20(19)23)25-22(27)16-3-6-18(7-4-16)26-11-2-12-29(26)28/h3-10,13-14H,2,11-12H2,1H3,(H,25,27). The summed E-state index contributed by atoms with van der Waals surface area (Å²) in [4.78, 5) is 17.0. The quantitative estimate of drug-likeness (QED) is 0.650. The Balaban J connectivity index is 1.52. The summed E-state index contributed by atoms with van der Waals surface area (Å²) < 4.78 is 13.8. The van der Waals surface area contributed by atoms with Gasteiger partial charge in [0.2, 0.25) is 0 Å². The van der Waals surface area contributed by atoms with E-state index in [-0.39, 0.29) is 5.91 Å². The fourth-order valence-electron chi connectivity index (χ4n) is 3.26. The second-order valence-corrected chi connectivity index (χ2v) is 8.79. The molecule has 1 N–H and O–H groups in total. The van der Waals surface area contributed by atoms with Crippen LogP contribution in [0.25, 0.3) is 11.3 Å². The van der Waals surface area contributed by atoms with Crippen molar-refractivity contribution in [3.05, 3.63) is 76.9 Å². The van der Waals surface area contributed by atoms with Crippen molar-refractivity contribution in [2.75, 3.05) is 21.9 Å². The molecule has 0 saturated carbocycles. The van der Waals surface area contributed by atoms with E-state index in [4.69, 9.17) is 11.6 Å². The number of carbonyl (C=O) groups excluding carboxylic acids is 1. The fourth-order valence-corrected chi connectivity index (χ4v) is 4.76. The highest BCUT2D eigenvalue weighted by atomic mass is 35.5. The lowest BCUT2D eigenvalue weighted by Crippen LogP contribution is -2.19. The smallest absolute Gasteiger partial charge is 0.255 e. The summed E-state index contributed by atoms with van der Waals surface area (Å²) in [6.45, 7) is 2.77.